The number of aliphatic hydroxyl groups excluding tert-OH is 1. The molecule has 0 aliphatic carbocycles. The Morgan fingerprint density at radius 1 is 1.25 bits per heavy atom. The van der Waals surface area contributed by atoms with Crippen molar-refractivity contribution in [3.8, 4) is 11.8 Å². The predicted molar refractivity (Wildman–Crippen MR) is 83.1 cm³/mol. The summed E-state index contributed by atoms with van der Waals surface area (Å²) in [5.41, 5.74) is -0.750. The van der Waals surface area contributed by atoms with Crippen molar-refractivity contribution in [2.45, 2.75) is 0 Å². The third kappa shape index (κ3) is 3.67. The van der Waals surface area contributed by atoms with Crippen LogP contribution in [0.25, 0.3) is 5.76 Å². The van der Waals surface area contributed by atoms with Gasteiger partial charge in [-0.3, -0.25) is 4.79 Å². The summed E-state index contributed by atoms with van der Waals surface area (Å²) in [6.45, 7) is 0. The fraction of sp³-hybridized carbons (Fsp3) is 0.0588. The number of rotatable bonds is 4. The fourth-order valence-corrected chi connectivity index (χ4v) is 1.90. The van der Waals surface area contributed by atoms with Gasteiger partial charge in [-0.1, -0.05) is 12.1 Å². The van der Waals surface area contributed by atoms with Crippen LogP contribution >= 0.6 is 0 Å². The molecule has 0 spiro atoms. The van der Waals surface area contributed by atoms with Gasteiger partial charge in [0.25, 0.3) is 5.91 Å². The number of methoxy groups -OCH3 is 1. The van der Waals surface area contributed by atoms with Crippen molar-refractivity contribution in [2.24, 2.45) is 0 Å². The van der Waals surface area contributed by atoms with Crippen molar-refractivity contribution in [1.29, 1.82) is 5.26 Å². The van der Waals surface area contributed by atoms with Crippen LogP contribution in [0.5, 0.6) is 5.75 Å². The first kappa shape index (κ1) is 17.0. The number of amides is 1. The van der Waals surface area contributed by atoms with Crippen molar-refractivity contribution >= 4 is 17.4 Å². The summed E-state index contributed by atoms with van der Waals surface area (Å²) in [6.07, 6.45) is 0. The van der Waals surface area contributed by atoms with Crippen molar-refractivity contribution in [1.82, 2.24) is 0 Å². The molecule has 122 valence electrons. The second-order valence-electron chi connectivity index (χ2n) is 4.65. The molecule has 2 aromatic carbocycles. The van der Waals surface area contributed by atoms with Gasteiger partial charge in [0.2, 0.25) is 0 Å². The highest BCUT2D eigenvalue weighted by Crippen LogP contribution is 2.22. The molecule has 2 N–H and O–H groups in total. The summed E-state index contributed by atoms with van der Waals surface area (Å²) in [7, 11) is 1.43. The highest BCUT2D eigenvalue weighted by molar-refractivity contribution is 6.11. The molecule has 0 radical (unpaired) electrons. The van der Waals surface area contributed by atoms with Crippen molar-refractivity contribution in [2.75, 3.05) is 12.4 Å². The van der Waals surface area contributed by atoms with E-state index in [0.717, 1.165) is 12.1 Å². The molecule has 0 aromatic heterocycles. The standard InChI is InChI=1S/C17H12F2N2O3/c1-24-12-4-2-3-10(7-12)16(22)13(9-20)17(23)21-15-6-5-11(18)8-14(15)19/h2-8,22H,1H3,(H,21,23)/b16-13+. The lowest BCUT2D eigenvalue weighted by molar-refractivity contribution is -0.112. The van der Waals surface area contributed by atoms with E-state index in [1.807, 2.05) is 0 Å². The summed E-state index contributed by atoms with van der Waals surface area (Å²) >= 11 is 0. The maximum atomic E-state index is 13.6. The minimum atomic E-state index is -1.02. The average molecular weight is 330 g/mol. The normalized spacial score (nSPS) is 11.2. The minimum absolute atomic E-state index is 0.181. The first-order chi connectivity index (χ1) is 11.5. The van der Waals surface area contributed by atoms with Crippen LogP contribution in [0.3, 0.4) is 0 Å². The van der Waals surface area contributed by atoms with E-state index in [1.54, 1.807) is 18.2 Å². The second kappa shape index (κ2) is 7.24. The molecular weight excluding hydrogens is 318 g/mol. The highest BCUT2D eigenvalue weighted by Gasteiger charge is 2.18. The number of carbonyl (C=O) groups is 1. The van der Waals surface area contributed by atoms with Crippen molar-refractivity contribution < 1.29 is 23.4 Å². The molecule has 0 saturated carbocycles. The number of benzene rings is 2. The molecule has 0 atom stereocenters. The Kier molecular flexibility index (Phi) is 5.12. The highest BCUT2D eigenvalue weighted by atomic mass is 19.1. The second-order valence-corrected chi connectivity index (χ2v) is 4.65. The van der Waals surface area contributed by atoms with Gasteiger partial charge in [-0.25, -0.2) is 8.78 Å². The number of nitrogens with zero attached hydrogens (tertiary/aromatic N) is 1. The van der Waals surface area contributed by atoms with Crippen LogP contribution in [-0.2, 0) is 4.79 Å². The predicted octanol–water partition coefficient (Wildman–Crippen LogP) is 3.40. The minimum Gasteiger partial charge on any atom is -0.506 e. The lowest BCUT2D eigenvalue weighted by atomic mass is 10.1. The monoisotopic (exact) mass is 330 g/mol. The number of nitriles is 1. The van der Waals surface area contributed by atoms with E-state index in [0.29, 0.717) is 11.8 Å². The van der Waals surface area contributed by atoms with Gasteiger partial charge in [-0.15, -0.1) is 0 Å². The molecule has 0 unspecified atom stereocenters. The van der Waals surface area contributed by atoms with Crippen LogP contribution < -0.4 is 10.1 Å². The number of aliphatic hydroxyl groups is 1. The van der Waals surface area contributed by atoms with E-state index in [-0.39, 0.29) is 11.3 Å². The fourth-order valence-electron chi connectivity index (χ4n) is 1.90. The number of carbonyl (C=O) groups excluding carboxylic acids is 1. The lowest BCUT2D eigenvalue weighted by Crippen LogP contribution is -2.16. The van der Waals surface area contributed by atoms with Gasteiger partial charge < -0.3 is 15.2 Å². The molecule has 0 saturated heterocycles. The average Bonchev–Trinajstić information content (AvgIpc) is 2.58. The van der Waals surface area contributed by atoms with Crippen LogP contribution in [0.2, 0.25) is 0 Å². The molecule has 0 bridgehead atoms. The van der Waals surface area contributed by atoms with Gasteiger partial charge >= 0.3 is 0 Å². The largest absolute Gasteiger partial charge is 0.506 e. The summed E-state index contributed by atoms with van der Waals surface area (Å²) in [6, 6.07) is 10.2. The van der Waals surface area contributed by atoms with Crippen LogP contribution in [0.15, 0.2) is 48.0 Å². The lowest BCUT2D eigenvalue weighted by Gasteiger charge is -2.08. The summed E-state index contributed by atoms with van der Waals surface area (Å²) in [4.78, 5) is 12.1. The van der Waals surface area contributed by atoms with E-state index < -0.39 is 28.9 Å². The maximum absolute atomic E-state index is 13.6. The SMILES string of the molecule is COc1cccc(/C(O)=C(/C#N)C(=O)Nc2ccc(F)cc2F)c1. The van der Waals surface area contributed by atoms with E-state index in [4.69, 9.17) is 10.00 Å². The van der Waals surface area contributed by atoms with E-state index in [1.165, 1.54) is 19.2 Å². The third-order valence-corrected chi connectivity index (χ3v) is 3.10. The Morgan fingerprint density at radius 2 is 2.00 bits per heavy atom. The Morgan fingerprint density at radius 3 is 2.62 bits per heavy atom. The summed E-state index contributed by atoms with van der Waals surface area (Å²) in [5.74, 6) is -3.00. The zero-order valence-electron chi connectivity index (χ0n) is 12.5. The topological polar surface area (TPSA) is 82.3 Å². The molecule has 0 fully saturated rings. The molecule has 24 heavy (non-hydrogen) atoms. The quantitative estimate of drug-likeness (QED) is 0.511. The Balaban J connectivity index is 2.35. The van der Waals surface area contributed by atoms with Crippen LogP contribution in [0, 0.1) is 23.0 Å². The Hall–Kier alpha value is -3.40. The van der Waals surface area contributed by atoms with Gasteiger partial charge in [0, 0.05) is 11.6 Å². The van der Waals surface area contributed by atoms with Gasteiger partial charge in [0.1, 0.15) is 29.2 Å². The number of ether oxygens (including phenoxy) is 1. The smallest absolute Gasteiger partial charge is 0.270 e. The van der Waals surface area contributed by atoms with Gasteiger partial charge in [-0.05, 0) is 24.3 Å². The number of anilines is 1. The number of nitrogens with one attached hydrogen (secondary N) is 1. The van der Waals surface area contributed by atoms with E-state index in [2.05, 4.69) is 5.32 Å². The number of hydrogen-bond acceptors (Lipinski definition) is 4. The van der Waals surface area contributed by atoms with Crippen LogP contribution in [0.1, 0.15) is 5.56 Å². The molecule has 7 heteroatoms. The molecule has 2 aromatic rings. The summed E-state index contributed by atoms with van der Waals surface area (Å²) in [5, 5.41) is 21.4. The molecule has 5 nitrogen and oxygen atoms in total. The van der Waals surface area contributed by atoms with E-state index >= 15 is 0 Å². The maximum Gasteiger partial charge on any atom is 0.270 e. The van der Waals surface area contributed by atoms with Crippen molar-refractivity contribution in [3.05, 3.63) is 65.2 Å². The third-order valence-electron chi connectivity index (χ3n) is 3.10. The first-order valence-corrected chi connectivity index (χ1v) is 6.70. The Labute approximate surface area is 136 Å². The molecule has 0 aliphatic heterocycles. The molecule has 1 amide bonds. The summed E-state index contributed by atoms with van der Waals surface area (Å²) < 4.78 is 31.4. The van der Waals surface area contributed by atoms with Gasteiger partial charge in [0.15, 0.2) is 5.57 Å². The van der Waals surface area contributed by atoms with E-state index in [9.17, 15) is 18.7 Å². The molecular formula is C17H12F2N2O3. The number of halogens is 2. The number of hydrogen-bond donors (Lipinski definition) is 2. The van der Waals surface area contributed by atoms with Gasteiger partial charge in [0.05, 0.1) is 12.8 Å². The Bertz CT molecular complexity index is 857. The van der Waals surface area contributed by atoms with Crippen LogP contribution in [0.4, 0.5) is 14.5 Å². The molecule has 2 rings (SSSR count). The zero-order valence-corrected chi connectivity index (χ0v) is 12.5. The molecule has 0 heterocycles. The zero-order chi connectivity index (χ0) is 17.7. The first-order valence-electron chi connectivity index (χ1n) is 6.70. The molecule has 0 aliphatic rings. The van der Waals surface area contributed by atoms with Crippen LogP contribution in [-0.4, -0.2) is 18.1 Å². The van der Waals surface area contributed by atoms with Crippen molar-refractivity contribution in [3.63, 3.8) is 0 Å². The van der Waals surface area contributed by atoms with Gasteiger partial charge in [-0.2, -0.15) is 5.26 Å².